The van der Waals surface area contributed by atoms with E-state index in [-0.39, 0.29) is 6.17 Å². The van der Waals surface area contributed by atoms with Gasteiger partial charge >= 0.3 is 0 Å². The molecule has 1 atom stereocenters. The quantitative estimate of drug-likeness (QED) is 0.199. The Morgan fingerprint density at radius 2 is 0.939 bits per heavy atom. The predicted octanol–water partition coefficient (Wildman–Crippen LogP) is 11.1. The Balaban J connectivity index is 1.04. The van der Waals surface area contributed by atoms with Gasteiger partial charge in [0.2, 0.25) is 0 Å². The van der Waals surface area contributed by atoms with E-state index in [1.54, 1.807) is 0 Å². The summed E-state index contributed by atoms with van der Waals surface area (Å²) in [5.41, 5.74) is 11.8. The van der Waals surface area contributed by atoms with Gasteiger partial charge in [0, 0.05) is 21.9 Å². The number of nitrogens with one attached hydrogen (secondary N) is 1. The third kappa shape index (κ3) is 5.60. The molecule has 8 aromatic rings. The first kappa shape index (κ1) is 28.7. The molecule has 9 rings (SSSR count). The molecule has 0 amide bonds. The molecule has 0 bridgehead atoms. The number of aliphatic imine (C=N–C) groups is 2. The van der Waals surface area contributed by atoms with Gasteiger partial charge in [-0.15, -0.1) is 0 Å². The second-order valence-electron chi connectivity index (χ2n) is 12.3. The first-order valence-electron chi connectivity index (χ1n) is 16.5. The summed E-state index contributed by atoms with van der Waals surface area (Å²) in [6.07, 6.45) is -0.259. The fraction of sp³-hybridized carbons (Fsp3) is 0.0222. The van der Waals surface area contributed by atoms with Crippen LogP contribution in [0.5, 0.6) is 0 Å². The molecule has 0 saturated heterocycles. The van der Waals surface area contributed by atoms with Gasteiger partial charge in [0.05, 0.1) is 0 Å². The third-order valence-corrected chi connectivity index (χ3v) is 9.17. The van der Waals surface area contributed by atoms with E-state index in [4.69, 9.17) is 14.4 Å². The summed E-state index contributed by atoms with van der Waals surface area (Å²) >= 11 is 0. The van der Waals surface area contributed by atoms with Gasteiger partial charge < -0.3 is 9.73 Å². The van der Waals surface area contributed by atoms with Crippen molar-refractivity contribution in [3.05, 3.63) is 193 Å². The molecule has 7 aromatic carbocycles. The minimum atomic E-state index is -0.259. The molecule has 4 heteroatoms. The summed E-state index contributed by atoms with van der Waals surface area (Å²) in [5, 5.41) is 5.86. The maximum absolute atomic E-state index is 6.04. The van der Waals surface area contributed by atoms with Crippen LogP contribution in [-0.2, 0) is 0 Å². The van der Waals surface area contributed by atoms with E-state index >= 15 is 0 Å². The second kappa shape index (κ2) is 12.3. The second-order valence-corrected chi connectivity index (χ2v) is 12.3. The number of furan rings is 1. The molecule has 1 N–H and O–H groups in total. The van der Waals surface area contributed by atoms with Crippen LogP contribution in [0, 0.1) is 0 Å². The highest BCUT2D eigenvalue weighted by molar-refractivity contribution is 6.13. The van der Waals surface area contributed by atoms with Crippen LogP contribution in [0.15, 0.2) is 190 Å². The number of hydrogen-bond donors (Lipinski definition) is 1. The largest absolute Gasteiger partial charge is 0.456 e. The number of fused-ring (bicyclic) bond motifs is 3. The van der Waals surface area contributed by atoms with Gasteiger partial charge in [0.1, 0.15) is 23.2 Å². The van der Waals surface area contributed by atoms with E-state index in [1.165, 1.54) is 11.1 Å². The van der Waals surface area contributed by atoms with Gasteiger partial charge in [0.25, 0.3) is 0 Å². The predicted molar refractivity (Wildman–Crippen MR) is 202 cm³/mol. The van der Waals surface area contributed by atoms with Crippen molar-refractivity contribution in [3.63, 3.8) is 0 Å². The van der Waals surface area contributed by atoms with Crippen LogP contribution < -0.4 is 5.32 Å². The number of benzene rings is 7. The number of hydrogen-bond acceptors (Lipinski definition) is 4. The van der Waals surface area contributed by atoms with Crippen LogP contribution in [0.2, 0.25) is 0 Å². The van der Waals surface area contributed by atoms with Crippen LogP contribution in [-0.4, -0.2) is 11.7 Å². The molecule has 0 fully saturated rings. The molecule has 1 aromatic heterocycles. The van der Waals surface area contributed by atoms with Gasteiger partial charge in [-0.2, -0.15) is 0 Å². The van der Waals surface area contributed by atoms with Gasteiger partial charge in [-0.05, 0) is 63.2 Å². The zero-order valence-electron chi connectivity index (χ0n) is 26.6. The highest BCUT2D eigenvalue weighted by Crippen LogP contribution is 2.33. The summed E-state index contributed by atoms with van der Waals surface area (Å²) in [6, 6.07) is 61.2. The zero-order valence-corrected chi connectivity index (χ0v) is 26.6. The number of amidine groups is 2. The van der Waals surface area contributed by atoms with Crippen molar-refractivity contribution in [2.75, 3.05) is 0 Å². The Morgan fingerprint density at radius 1 is 0.408 bits per heavy atom. The molecule has 0 radical (unpaired) electrons. The molecule has 1 unspecified atom stereocenters. The zero-order chi connectivity index (χ0) is 32.6. The lowest BCUT2D eigenvalue weighted by Gasteiger charge is -2.24. The maximum Gasteiger partial charge on any atom is 0.159 e. The van der Waals surface area contributed by atoms with E-state index in [2.05, 4.69) is 145 Å². The van der Waals surface area contributed by atoms with Crippen LogP contribution >= 0.6 is 0 Å². The van der Waals surface area contributed by atoms with Gasteiger partial charge in [-0.1, -0.05) is 152 Å². The fourth-order valence-electron chi connectivity index (χ4n) is 6.58. The SMILES string of the molecule is c1ccc(-c2ccc(C3=NC(c4cccc(-c5ccc(-c6ccc7oc8ccccc8c7c6)cc5)c4)=NC(c4ccccc4)N3)cc2)cc1. The smallest absolute Gasteiger partial charge is 0.159 e. The van der Waals surface area contributed by atoms with E-state index in [0.717, 1.165) is 66.7 Å². The summed E-state index contributed by atoms with van der Waals surface area (Å²) in [4.78, 5) is 10.2. The van der Waals surface area contributed by atoms with Crippen LogP contribution in [0.4, 0.5) is 0 Å². The number of para-hydroxylation sites is 1. The topological polar surface area (TPSA) is 49.9 Å². The first-order chi connectivity index (χ1) is 24.2. The molecule has 4 nitrogen and oxygen atoms in total. The van der Waals surface area contributed by atoms with Crippen molar-refractivity contribution in [3.8, 4) is 33.4 Å². The molecule has 49 heavy (non-hydrogen) atoms. The average Bonchev–Trinajstić information content (AvgIpc) is 3.57. The number of rotatable bonds is 6. The normalized spacial score (nSPS) is 14.3. The lowest BCUT2D eigenvalue weighted by Crippen LogP contribution is -2.33. The molecule has 0 saturated carbocycles. The third-order valence-electron chi connectivity index (χ3n) is 9.17. The maximum atomic E-state index is 6.04. The highest BCUT2D eigenvalue weighted by atomic mass is 16.3. The summed E-state index contributed by atoms with van der Waals surface area (Å²) in [6.45, 7) is 0. The number of nitrogens with zero attached hydrogens (tertiary/aromatic N) is 2. The molecule has 0 spiro atoms. The molecular formula is C45H31N3O. The fourth-order valence-corrected chi connectivity index (χ4v) is 6.58. The van der Waals surface area contributed by atoms with Crippen molar-refractivity contribution in [2.24, 2.45) is 9.98 Å². The van der Waals surface area contributed by atoms with Crippen LogP contribution in [0.3, 0.4) is 0 Å². The minimum absolute atomic E-state index is 0.259. The molecule has 1 aliphatic rings. The Kier molecular flexibility index (Phi) is 7.17. The lowest BCUT2D eigenvalue weighted by atomic mass is 9.98. The Hall–Kier alpha value is -6.52. The molecular weight excluding hydrogens is 599 g/mol. The molecule has 0 aliphatic carbocycles. The van der Waals surface area contributed by atoms with Crippen molar-refractivity contribution in [2.45, 2.75) is 6.17 Å². The summed E-state index contributed by atoms with van der Waals surface area (Å²) < 4.78 is 6.04. The minimum Gasteiger partial charge on any atom is -0.456 e. The van der Waals surface area contributed by atoms with Gasteiger partial charge in [-0.3, -0.25) is 0 Å². The monoisotopic (exact) mass is 629 g/mol. The summed E-state index contributed by atoms with van der Waals surface area (Å²) in [7, 11) is 0. The van der Waals surface area contributed by atoms with E-state index < -0.39 is 0 Å². The first-order valence-corrected chi connectivity index (χ1v) is 16.5. The highest BCUT2D eigenvalue weighted by Gasteiger charge is 2.21. The standard InChI is InChI=1S/C45H31N3O/c1-3-10-30(11-4-1)31-22-24-35(25-23-31)44-46-43(34-12-5-2-6-13-34)47-45(48-44)38-15-9-14-36(28-38)32-18-20-33(21-19-32)37-26-27-42-40(29-37)39-16-7-8-17-41(39)49-42/h1-29,43H,(H,46,47,48). The Bertz CT molecular complexity index is 2490. The van der Waals surface area contributed by atoms with Crippen molar-refractivity contribution < 1.29 is 4.42 Å². The molecule has 232 valence electrons. The van der Waals surface area contributed by atoms with Crippen molar-refractivity contribution in [1.29, 1.82) is 0 Å². The van der Waals surface area contributed by atoms with Crippen molar-refractivity contribution >= 4 is 33.6 Å². The van der Waals surface area contributed by atoms with Crippen LogP contribution in [0.25, 0.3) is 55.3 Å². The molecule has 2 heterocycles. The van der Waals surface area contributed by atoms with E-state index in [0.29, 0.717) is 5.84 Å². The Labute approximate surface area is 284 Å². The van der Waals surface area contributed by atoms with Crippen LogP contribution in [0.1, 0.15) is 22.9 Å². The van der Waals surface area contributed by atoms with Gasteiger partial charge in [0.15, 0.2) is 5.84 Å². The van der Waals surface area contributed by atoms with Gasteiger partial charge in [-0.25, -0.2) is 9.98 Å². The molecule has 1 aliphatic heterocycles. The Morgan fingerprint density at radius 3 is 1.69 bits per heavy atom. The lowest BCUT2D eigenvalue weighted by molar-refractivity contribution is 0.669. The van der Waals surface area contributed by atoms with E-state index in [1.807, 2.05) is 36.4 Å². The summed E-state index contributed by atoms with van der Waals surface area (Å²) in [5.74, 6) is 1.50. The van der Waals surface area contributed by atoms with Crippen molar-refractivity contribution in [1.82, 2.24) is 5.32 Å². The van der Waals surface area contributed by atoms with E-state index in [9.17, 15) is 0 Å². The average molecular weight is 630 g/mol.